The Kier molecular flexibility index (Phi) is 4.08. The number of alkyl halides is 3. The van der Waals surface area contributed by atoms with E-state index in [4.69, 9.17) is 5.73 Å². The molecule has 0 amide bonds. The molecular weight excluding hydrogens is 225 g/mol. The normalized spacial score (nSPS) is 11.8. The summed E-state index contributed by atoms with van der Waals surface area (Å²) in [6.45, 7) is -0.705. The van der Waals surface area contributed by atoms with Crippen LogP contribution >= 0.6 is 0 Å². The summed E-state index contributed by atoms with van der Waals surface area (Å²) in [6, 6.07) is 3.08. The molecule has 0 radical (unpaired) electrons. The lowest BCUT2D eigenvalue weighted by Crippen LogP contribution is -2.27. The molecule has 1 rings (SSSR count). The monoisotopic (exact) mass is 236 g/mol. The number of hydrogen-bond donors (Lipinski definition) is 1. The van der Waals surface area contributed by atoms with Gasteiger partial charge < -0.3 is 10.3 Å². The Morgan fingerprint density at radius 2 is 2.12 bits per heavy atom. The third-order valence-electron chi connectivity index (χ3n) is 1.92. The van der Waals surface area contributed by atoms with Gasteiger partial charge in [0.1, 0.15) is 0 Å². The highest BCUT2D eigenvalue weighted by atomic mass is 19.4. The predicted molar refractivity (Wildman–Crippen MR) is 50.6 cm³/mol. The van der Waals surface area contributed by atoms with E-state index in [9.17, 15) is 18.0 Å². The molecule has 90 valence electrons. The number of pyridine rings is 1. The van der Waals surface area contributed by atoms with E-state index in [0.29, 0.717) is 5.56 Å². The standard InChI is InChI=1S/C9H11F3N2O2/c10-9(11,12)16-5-4-14-3-1-2-7(6-13)8(14)15/h1-3H,4-6,13H2. The van der Waals surface area contributed by atoms with Crippen LogP contribution in [0, 0.1) is 0 Å². The minimum absolute atomic E-state index is 0.0554. The zero-order valence-corrected chi connectivity index (χ0v) is 8.33. The minimum atomic E-state index is -4.67. The lowest BCUT2D eigenvalue weighted by atomic mass is 10.3. The average molecular weight is 236 g/mol. The summed E-state index contributed by atoms with van der Waals surface area (Å²) in [5.74, 6) is 0. The van der Waals surface area contributed by atoms with E-state index < -0.39 is 18.5 Å². The van der Waals surface area contributed by atoms with Crippen molar-refractivity contribution in [2.24, 2.45) is 5.73 Å². The molecule has 0 aromatic carbocycles. The van der Waals surface area contributed by atoms with Gasteiger partial charge in [-0.1, -0.05) is 6.07 Å². The number of aromatic nitrogens is 1. The third-order valence-corrected chi connectivity index (χ3v) is 1.92. The van der Waals surface area contributed by atoms with Gasteiger partial charge in [-0.05, 0) is 6.07 Å². The van der Waals surface area contributed by atoms with E-state index in [1.54, 1.807) is 6.07 Å². The quantitative estimate of drug-likeness (QED) is 0.842. The Balaban J connectivity index is 2.65. The molecule has 1 heterocycles. The van der Waals surface area contributed by atoms with E-state index in [0.717, 1.165) is 4.57 Å². The lowest BCUT2D eigenvalue weighted by molar-refractivity contribution is -0.325. The van der Waals surface area contributed by atoms with Crippen LogP contribution in [0.1, 0.15) is 5.56 Å². The second-order valence-corrected chi connectivity index (χ2v) is 3.03. The number of nitrogens with zero attached hydrogens (tertiary/aromatic N) is 1. The molecule has 0 fully saturated rings. The second-order valence-electron chi connectivity index (χ2n) is 3.03. The van der Waals surface area contributed by atoms with Crippen molar-refractivity contribution in [1.82, 2.24) is 4.57 Å². The predicted octanol–water partition coefficient (Wildman–Crippen LogP) is 0.843. The van der Waals surface area contributed by atoms with Gasteiger partial charge in [0.15, 0.2) is 0 Å². The van der Waals surface area contributed by atoms with Crippen molar-refractivity contribution in [1.29, 1.82) is 0 Å². The Hall–Kier alpha value is -1.34. The van der Waals surface area contributed by atoms with E-state index in [2.05, 4.69) is 4.74 Å². The first-order valence-corrected chi connectivity index (χ1v) is 4.53. The number of hydrogen-bond acceptors (Lipinski definition) is 3. The molecule has 0 aliphatic heterocycles. The van der Waals surface area contributed by atoms with Gasteiger partial charge >= 0.3 is 6.36 Å². The van der Waals surface area contributed by atoms with Crippen molar-refractivity contribution in [2.75, 3.05) is 6.61 Å². The maximum atomic E-state index is 11.7. The van der Waals surface area contributed by atoms with Crippen molar-refractivity contribution < 1.29 is 17.9 Å². The van der Waals surface area contributed by atoms with E-state index >= 15 is 0 Å². The highest BCUT2D eigenvalue weighted by molar-refractivity contribution is 5.09. The SMILES string of the molecule is NCc1cccn(CCOC(F)(F)F)c1=O. The minimum Gasteiger partial charge on any atom is -0.326 e. The molecular formula is C9H11F3N2O2. The molecule has 0 unspecified atom stereocenters. The molecule has 1 aromatic rings. The average Bonchev–Trinajstić information content (AvgIpc) is 2.19. The molecule has 16 heavy (non-hydrogen) atoms. The smallest absolute Gasteiger partial charge is 0.326 e. The summed E-state index contributed by atoms with van der Waals surface area (Å²) >= 11 is 0. The highest BCUT2D eigenvalue weighted by Gasteiger charge is 2.28. The number of nitrogens with two attached hydrogens (primary N) is 1. The molecule has 4 nitrogen and oxygen atoms in total. The maximum Gasteiger partial charge on any atom is 0.522 e. The lowest BCUT2D eigenvalue weighted by Gasteiger charge is -2.09. The molecule has 2 N–H and O–H groups in total. The first kappa shape index (κ1) is 12.7. The number of ether oxygens (including phenoxy) is 1. The van der Waals surface area contributed by atoms with Gasteiger partial charge in [0.25, 0.3) is 5.56 Å². The molecule has 1 aromatic heterocycles. The Morgan fingerprint density at radius 1 is 1.44 bits per heavy atom. The molecule has 0 spiro atoms. The topological polar surface area (TPSA) is 57.2 Å². The van der Waals surface area contributed by atoms with Crippen molar-refractivity contribution in [2.45, 2.75) is 19.5 Å². The first-order chi connectivity index (χ1) is 7.44. The van der Waals surface area contributed by atoms with Gasteiger partial charge in [0.2, 0.25) is 0 Å². The van der Waals surface area contributed by atoms with Crippen molar-refractivity contribution in [3.05, 3.63) is 34.2 Å². The zero-order valence-electron chi connectivity index (χ0n) is 8.33. The van der Waals surface area contributed by atoms with Gasteiger partial charge in [0.05, 0.1) is 6.61 Å². The van der Waals surface area contributed by atoms with Gasteiger partial charge in [-0.15, -0.1) is 13.2 Å². The van der Waals surface area contributed by atoms with Crippen LogP contribution in [0.15, 0.2) is 23.1 Å². The fourth-order valence-corrected chi connectivity index (χ4v) is 1.18. The maximum absolute atomic E-state index is 11.7. The van der Waals surface area contributed by atoms with Gasteiger partial charge in [0, 0.05) is 24.8 Å². The molecule has 0 saturated carbocycles. The number of halogens is 3. The van der Waals surface area contributed by atoms with E-state index in [-0.39, 0.29) is 13.1 Å². The van der Waals surface area contributed by atoms with Crippen LogP contribution in [-0.2, 0) is 17.8 Å². The fourth-order valence-electron chi connectivity index (χ4n) is 1.18. The molecule has 0 bridgehead atoms. The summed E-state index contributed by atoms with van der Waals surface area (Å²) in [7, 11) is 0. The Morgan fingerprint density at radius 3 is 2.69 bits per heavy atom. The first-order valence-electron chi connectivity index (χ1n) is 4.53. The summed E-state index contributed by atoms with van der Waals surface area (Å²) < 4.78 is 39.7. The van der Waals surface area contributed by atoms with Crippen LogP contribution in [0.25, 0.3) is 0 Å². The number of rotatable bonds is 4. The summed E-state index contributed by atoms with van der Waals surface area (Å²) in [6.07, 6.45) is -3.28. The molecule has 0 aliphatic rings. The molecule has 0 atom stereocenters. The molecule has 0 aliphatic carbocycles. The summed E-state index contributed by atoms with van der Waals surface area (Å²) in [5, 5.41) is 0. The van der Waals surface area contributed by atoms with Gasteiger partial charge in [-0.3, -0.25) is 9.53 Å². The molecule has 7 heteroatoms. The third kappa shape index (κ3) is 3.67. The van der Waals surface area contributed by atoms with Gasteiger partial charge in [-0.25, -0.2) is 0 Å². The van der Waals surface area contributed by atoms with Crippen molar-refractivity contribution in [3.8, 4) is 0 Å². The Labute approximate surface area is 89.4 Å². The summed E-state index contributed by atoms with van der Waals surface area (Å²) in [4.78, 5) is 11.5. The zero-order chi connectivity index (χ0) is 12.2. The molecule has 0 saturated heterocycles. The van der Waals surface area contributed by atoms with Crippen LogP contribution in [-0.4, -0.2) is 17.5 Å². The summed E-state index contributed by atoms with van der Waals surface area (Å²) in [5.41, 5.74) is 5.26. The van der Waals surface area contributed by atoms with E-state index in [1.807, 2.05) is 0 Å². The van der Waals surface area contributed by atoms with Crippen LogP contribution in [0.2, 0.25) is 0 Å². The second kappa shape index (κ2) is 5.13. The van der Waals surface area contributed by atoms with Gasteiger partial charge in [-0.2, -0.15) is 0 Å². The van der Waals surface area contributed by atoms with Crippen LogP contribution in [0.5, 0.6) is 0 Å². The van der Waals surface area contributed by atoms with Crippen molar-refractivity contribution in [3.63, 3.8) is 0 Å². The van der Waals surface area contributed by atoms with E-state index in [1.165, 1.54) is 12.3 Å². The Bertz CT molecular complexity index is 400. The van der Waals surface area contributed by atoms with Crippen molar-refractivity contribution >= 4 is 0 Å². The van der Waals surface area contributed by atoms with Crippen LogP contribution in [0.4, 0.5) is 13.2 Å². The van der Waals surface area contributed by atoms with Crippen LogP contribution < -0.4 is 11.3 Å². The van der Waals surface area contributed by atoms with Crippen LogP contribution in [0.3, 0.4) is 0 Å². The highest BCUT2D eigenvalue weighted by Crippen LogP contribution is 2.15. The fraction of sp³-hybridized carbons (Fsp3) is 0.444. The largest absolute Gasteiger partial charge is 0.522 e.